The predicted molar refractivity (Wildman–Crippen MR) is 179 cm³/mol. The van der Waals surface area contributed by atoms with Crippen molar-refractivity contribution in [1.29, 1.82) is 0 Å². The highest BCUT2D eigenvalue weighted by molar-refractivity contribution is 6.41. The molecule has 1 aromatic carbocycles. The Morgan fingerprint density at radius 3 is 2.58 bits per heavy atom. The molecule has 0 radical (unpaired) electrons. The van der Waals surface area contributed by atoms with Gasteiger partial charge in [0, 0.05) is 44.6 Å². The number of fused-ring (bicyclic) bond motifs is 1. The molecule has 3 fully saturated rings. The summed E-state index contributed by atoms with van der Waals surface area (Å²) in [5.74, 6) is -3.88. The Hall–Kier alpha value is -4.83. The van der Waals surface area contributed by atoms with Crippen molar-refractivity contribution >= 4 is 46.2 Å². The smallest absolute Gasteiger partial charge is 0.287 e. The first-order chi connectivity index (χ1) is 23.9. The number of hydrogen-bond donors (Lipinski definition) is 4. The van der Waals surface area contributed by atoms with Crippen molar-refractivity contribution in [2.45, 2.75) is 94.9 Å². The third-order valence-electron chi connectivity index (χ3n) is 10.1. The van der Waals surface area contributed by atoms with Crippen LogP contribution in [0.4, 0.5) is 0 Å². The molecule has 50 heavy (non-hydrogen) atoms. The van der Waals surface area contributed by atoms with Crippen LogP contribution >= 0.6 is 0 Å². The van der Waals surface area contributed by atoms with E-state index in [0.29, 0.717) is 16.7 Å². The molecule has 4 heterocycles. The van der Waals surface area contributed by atoms with Gasteiger partial charge >= 0.3 is 0 Å². The molecule has 2 aliphatic heterocycles. The lowest BCUT2D eigenvalue weighted by atomic mass is 9.84. The first kappa shape index (κ1) is 35.0. The highest BCUT2D eigenvalue weighted by atomic mass is 16.5. The molecule has 2 aromatic heterocycles. The summed E-state index contributed by atoms with van der Waals surface area (Å²) in [6.07, 6.45) is 8.13. The maximum absolute atomic E-state index is 14.7. The Morgan fingerprint density at radius 2 is 1.88 bits per heavy atom. The topological polar surface area (TPSA) is 228 Å². The molecule has 1 aliphatic carbocycles. The number of likely N-dealkylation sites (tertiary alicyclic amines) is 1. The van der Waals surface area contributed by atoms with Gasteiger partial charge < -0.3 is 30.8 Å². The van der Waals surface area contributed by atoms with Crippen LogP contribution in [0.15, 0.2) is 35.7 Å². The minimum absolute atomic E-state index is 0.0266. The number of aliphatic hydroxyl groups is 1. The number of nitrogens with one attached hydrogen (secondary N) is 2. The average molecular weight is 690 g/mol. The van der Waals surface area contributed by atoms with Crippen molar-refractivity contribution in [2.75, 3.05) is 19.8 Å². The van der Waals surface area contributed by atoms with Gasteiger partial charge in [-0.15, -0.1) is 5.10 Å². The third kappa shape index (κ3) is 7.21. The number of primary amides is 1. The van der Waals surface area contributed by atoms with E-state index in [2.05, 4.69) is 30.6 Å². The molecule has 2 atom stereocenters. The van der Waals surface area contributed by atoms with E-state index in [-0.39, 0.29) is 62.6 Å². The summed E-state index contributed by atoms with van der Waals surface area (Å²) >= 11 is 0. The highest BCUT2D eigenvalue weighted by Gasteiger charge is 2.49. The van der Waals surface area contributed by atoms with Crippen LogP contribution in [-0.2, 0) is 29.5 Å². The number of ketones is 1. The second-order valence-corrected chi connectivity index (χ2v) is 14.1. The molecule has 16 heteroatoms. The van der Waals surface area contributed by atoms with Gasteiger partial charge in [0.1, 0.15) is 22.9 Å². The molecule has 1 saturated carbocycles. The second-order valence-electron chi connectivity index (χ2n) is 14.1. The largest absolute Gasteiger partial charge is 0.384 e. The van der Waals surface area contributed by atoms with E-state index < -0.39 is 52.6 Å². The summed E-state index contributed by atoms with van der Waals surface area (Å²) in [6, 6.07) is 3.17. The molecule has 5 N–H and O–H groups in total. The molecule has 0 bridgehead atoms. The Bertz CT molecular complexity index is 1810. The highest BCUT2D eigenvalue weighted by Crippen LogP contribution is 2.34. The molecule has 0 spiro atoms. The number of ether oxygens (including phenoxy) is 1. The summed E-state index contributed by atoms with van der Waals surface area (Å²) in [5, 5.41) is 21.8. The number of Topliss-reactive ketones (excluding diaryl/α,β-unsaturated/α-hetero) is 1. The van der Waals surface area contributed by atoms with Crippen molar-refractivity contribution in [2.24, 2.45) is 16.6 Å². The van der Waals surface area contributed by atoms with Gasteiger partial charge in [0.25, 0.3) is 17.7 Å². The molecular formula is C34H43N9O7. The van der Waals surface area contributed by atoms with E-state index in [4.69, 9.17) is 10.5 Å². The van der Waals surface area contributed by atoms with Gasteiger partial charge in [-0.25, -0.2) is 14.7 Å². The maximum Gasteiger partial charge on any atom is 0.287 e. The van der Waals surface area contributed by atoms with Crippen LogP contribution in [0.5, 0.6) is 0 Å². The molecule has 0 unspecified atom stereocenters. The van der Waals surface area contributed by atoms with Crippen LogP contribution < -0.4 is 11.1 Å². The Balaban J connectivity index is 1.36. The van der Waals surface area contributed by atoms with Gasteiger partial charge in [-0.3, -0.25) is 24.0 Å². The number of aliphatic imine (C=N–C) groups is 1. The van der Waals surface area contributed by atoms with E-state index in [1.165, 1.54) is 22.1 Å². The number of rotatable bonds is 10. The van der Waals surface area contributed by atoms with Crippen LogP contribution in [0.3, 0.4) is 0 Å². The number of amides is 4. The van der Waals surface area contributed by atoms with Gasteiger partial charge in [-0.2, -0.15) is 0 Å². The fraction of sp³-hybridized carbons (Fsp3) is 0.559. The number of hydrogen-bond acceptors (Lipinski definition) is 10. The average Bonchev–Trinajstić information content (AvgIpc) is 3.87. The molecular weight excluding hydrogens is 646 g/mol. The van der Waals surface area contributed by atoms with Crippen LogP contribution in [-0.4, -0.2) is 101 Å². The van der Waals surface area contributed by atoms with E-state index in [1.807, 2.05) is 0 Å². The molecule has 16 nitrogen and oxygen atoms in total. The number of aromatic nitrogens is 5. The third-order valence-corrected chi connectivity index (χ3v) is 10.1. The monoisotopic (exact) mass is 689 g/mol. The van der Waals surface area contributed by atoms with E-state index >= 15 is 0 Å². The van der Waals surface area contributed by atoms with Gasteiger partial charge in [0.05, 0.1) is 35.3 Å². The van der Waals surface area contributed by atoms with Crippen LogP contribution in [0.1, 0.15) is 93.7 Å². The summed E-state index contributed by atoms with van der Waals surface area (Å²) in [6.45, 7) is 3.37. The van der Waals surface area contributed by atoms with Gasteiger partial charge in [0.15, 0.2) is 0 Å². The first-order valence-electron chi connectivity index (χ1n) is 17.1. The zero-order chi connectivity index (χ0) is 35.6. The fourth-order valence-electron chi connectivity index (χ4n) is 7.37. The first-order valence-corrected chi connectivity index (χ1v) is 17.1. The number of carbonyl (C=O) groups is 5. The summed E-state index contributed by atoms with van der Waals surface area (Å²) < 4.78 is 6.91. The fourth-order valence-corrected chi connectivity index (χ4v) is 7.37. The van der Waals surface area contributed by atoms with Crippen molar-refractivity contribution < 1.29 is 33.8 Å². The van der Waals surface area contributed by atoms with Crippen molar-refractivity contribution in [3.05, 3.63) is 42.0 Å². The van der Waals surface area contributed by atoms with Gasteiger partial charge in [0.2, 0.25) is 11.7 Å². The number of aromatic amines is 1. The number of H-pyrrole nitrogens is 1. The zero-order valence-corrected chi connectivity index (χ0v) is 28.3. The lowest BCUT2D eigenvalue weighted by Gasteiger charge is -2.37. The summed E-state index contributed by atoms with van der Waals surface area (Å²) in [7, 11) is 0. The molecule has 4 amide bonds. The normalized spacial score (nSPS) is 21.7. The molecule has 3 aromatic rings. The Morgan fingerprint density at radius 1 is 1.14 bits per heavy atom. The predicted octanol–water partition coefficient (Wildman–Crippen LogP) is 1.50. The standard InChI is InChI=1S/C34H43N9O7/c1-33(2,49)27-17-38-41-43(27)22-16-26(31(47)40-34(28(44)29(35)45)10-12-50-13-11-34)42(18-22)32(48)25(14-20-6-4-3-5-7-20)39-30(46)21-8-9-23-24(15-21)37-19-36-23/h8-9,15,17,19-20,22,26,49H,3-7,10-14,16,18H2,1-2H3,(H2,35,45)(H,36,37)(H,40,47)/b39-25+/t22-,26-/m0/s1. The van der Waals surface area contributed by atoms with Crippen LogP contribution in [0.25, 0.3) is 11.0 Å². The number of benzene rings is 1. The van der Waals surface area contributed by atoms with Crippen molar-refractivity contribution in [3.8, 4) is 0 Å². The molecule has 6 rings (SSSR count). The SMILES string of the molecule is CC(C)(O)c1cnnn1[C@H]1C[C@@H](C(=O)NC2(C(=O)C(N)=O)CCOCC2)N(C(=O)/C(CC2CCCCC2)=N/C(=O)c2ccc3nc[nH]c3c2)C1. The summed E-state index contributed by atoms with van der Waals surface area (Å²) in [5.41, 5.74) is 4.47. The minimum Gasteiger partial charge on any atom is -0.384 e. The second kappa shape index (κ2) is 14.2. The lowest BCUT2D eigenvalue weighted by molar-refractivity contribution is -0.146. The van der Waals surface area contributed by atoms with Crippen LogP contribution in [0.2, 0.25) is 0 Å². The quantitative estimate of drug-likeness (QED) is 0.177. The molecule has 2 saturated heterocycles. The Labute approximate surface area is 288 Å². The number of nitrogens with two attached hydrogens (primary N) is 1. The summed E-state index contributed by atoms with van der Waals surface area (Å²) in [4.78, 5) is 80.7. The van der Waals surface area contributed by atoms with Gasteiger partial charge in [-0.1, -0.05) is 37.3 Å². The maximum atomic E-state index is 14.7. The van der Waals surface area contributed by atoms with E-state index in [9.17, 15) is 29.1 Å². The number of carbonyl (C=O) groups excluding carboxylic acids is 5. The molecule has 266 valence electrons. The van der Waals surface area contributed by atoms with Gasteiger partial charge in [-0.05, 0) is 44.4 Å². The van der Waals surface area contributed by atoms with Crippen molar-refractivity contribution in [3.63, 3.8) is 0 Å². The zero-order valence-electron chi connectivity index (χ0n) is 28.3. The molecule has 3 aliphatic rings. The van der Waals surface area contributed by atoms with Crippen LogP contribution in [0, 0.1) is 5.92 Å². The van der Waals surface area contributed by atoms with E-state index in [1.54, 1.807) is 32.0 Å². The number of imidazole rings is 1. The number of nitrogens with zero attached hydrogens (tertiary/aromatic N) is 6. The van der Waals surface area contributed by atoms with Crippen molar-refractivity contribution in [1.82, 2.24) is 35.2 Å². The van der Waals surface area contributed by atoms with E-state index in [0.717, 1.165) is 32.1 Å². The Kier molecular flexibility index (Phi) is 9.94. The lowest BCUT2D eigenvalue weighted by Crippen LogP contribution is -2.63. The minimum atomic E-state index is -1.60.